The Morgan fingerprint density at radius 1 is 1.13 bits per heavy atom. The van der Waals surface area contributed by atoms with E-state index >= 15 is 0 Å². The number of hydrogen-bond acceptors (Lipinski definition) is 8. The highest BCUT2D eigenvalue weighted by Crippen LogP contribution is 2.28. The molecule has 11 nitrogen and oxygen atoms in total. The summed E-state index contributed by atoms with van der Waals surface area (Å²) in [6.45, 7) is 5.73. The zero-order chi connectivity index (χ0) is 35.6. The molecule has 6 aromatic rings. The molecule has 12 heteroatoms. The summed E-state index contributed by atoms with van der Waals surface area (Å²) in [4.78, 5) is 25.5. The number of nitrogens with zero attached hydrogens (tertiary/aromatic N) is 6. The van der Waals surface area contributed by atoms with E-state index in [4.69, 9.17) is 24.7 Å². The molecule has 2 N–H and O–H groups in total. The molecular weight excluding hydrogens is 659 g/mol. The van der Waals surface area contributed by atoms with E-state index in [1.165, 1.54) is 6.07 Å². The minimum atomic E-state index is -0.477. The van der Waals surface area contributed by atoms with Gasteiger partial charge < -0.3 is 19.4 Å². The first-order chi connectivity index (χ1) is 25.4. The third-order valence-electron chi connectivity index (χ3n) is 9.77. The summed E-state index contributed by atoms with van der Waals surface area (Å²) < 4.78 is 28.2. The first kappa shape index (κ1) is 33.3. The summed E-state index contributed by atoms with van der Waals surface area (Å²) in [6, 6.07) is 23.4. The molecule has 1 saturated heterocycles. The monoisotopic (exact) mass is 696 g/mol. The van der Waals surface area contributed by atoms with Gasteiger partial charge in [0.25, 0.3) is 5.91 Å². The van der Waals surface area contributed by atoms with Gasteiger partial charge in [0.1, 0.15) is 18.2 Å². The molecule has 2 aliphatic heterocycles. The second-order valence-electron chi connectivity index (χ2n) is 13.1. The van der Waals surface area contributed by atoms with Crippen LogP contribution >= 0.6 is 0 Å². The predicted octanol–water partition coefficient (Wildman–Crippen LogP) is 6.79. The number of carbonyl (C=O) groups excluding carboxylic acids is 1. The van der Waals surface area contributed by atoms with Gasteiger partial charge in [-0.2, -0.15) is 10.4 Å². The molecule has 3 aromatic carbocycles. The van der Waals surface area contributed by atoms with Crippen molar-refractivity contribution in [2.75, 3.05) is 25.0 Å². The van der Waals surface area contributed by atoms with E-state index in [1.807, 2.05) is 54.6 Å². The van der Waals surface area contributed by atoms with Crippen LogP contribution in [-0.2, 0) is 30.9 Å². The number of aromatic nitrogens is 5. The van der Waals surface area contributed by atoms with E-state index in [2.05, 4.69) is 38.0 Å². The van der Waals surface area contributed by atoms with Crippen molar-refractivity contribution < 1.29 is 18.7 Å². The Morgan fingerprint density at radius 3 is 2.81 bits per heavy atom. The number of rotatable bonds is 11. The normalized spacial score (nSPS) is 16.0. The molecule has 3 aromatic heterocycles. The van der Waals surface area contributed by atoms with Crippen LogP contribution in [0.2, 0.25) is 0 Å². The van der Waals surface area contributed by atoms with Gasteiger partial charge in [-0.1, -0.05) is 25.1 Å². The summed E-state index contributed by atoms with van der Waals surface area (Å²) in [6.07, 6.45) is 4.93. The smallest absolute Gasteiger partial charge is 0.255 e. The first-order valence-corrected chi connectivity index (χ1v) is 17.5. The van der Waals surface area contributed by atoms with Crippen LogP contribution in [-0.4, -0.2) is 61.3 Å². The Hall–Kier alpha value is -5.90. The second kappa shape index (κ2) is 14.4. The number of imidazole rings is 1. The molecule has 0 unspecified atom stereocenters. The summed E-state index contributed by atoms with van der Waals surface area (Å²) in [5.41, 5.74) is 7.49. The highest BCUT2D eigenvalue weighted by Gasteiger charge is 2.24. The van der Waals surface area contributed by atoms with E-state index in [-0.39, 0.29) is 24.2 Å². The molecule has 8 rings (SSSR count). The molecule has 1 fully saturated rings. The van der Waals surface area contributed by atoms with Crippen molar-refractivity contribution in [1.29, 1.82) is 5.26 Å². The van der Waals surface area contributed by atoms with Crippen LogP contribution in [0.5, 0.6) is 5.88 Å². The fourth-order valence-corrected chi connectivity index (χ4v) is 6.74. The molecule has 52 heavy (non-hydrogen) atoms. The quantitative estimate of drug-likeness (QED) is 0.151. The van der Waals surface area contributed by atoms with Crippen LogP contribution in [0.4, 0.5) is 10.1 Å². The van der Waals surface area contributed by atoms with Gasteiger partial charge in [-0.25, -0.2) is 14.4 Å². The van der Waals surface area contributed by atoms with Crippen molar-refractivity contribution in [3.63, 3.8) is 0 Å². The van der Waals surface area contributed by atoms with E-state index in [0.29, 0.717) is 35.8 Å². The molecule has 0 bridgehead atoms. The number of carbonyl (C=O) groups is 1. The molecule has 0 saturated carbocycles. The Labute approximate surface area is 299 Å². The average Bonchev–Trinajstić information content (AvgIpc) is 3.72. The summed E-state index contributed by atoms with van der Waals surface area (Å²) in [7, 11) is 0. The lowest BCUT2D eigenvalue weighted by Crippen LogP contribution is -2.33. The van der Waals surface area contributed by atoms with Gasteiger partial charge in [-0.05, 0) is 79.4 Å². The van der Waals surface area contributed by atoms with Crippen molar-refractivity contribution in [3.05, 3.63) is 119 Å². The SMILES string of the molecule is CCc1n[nH]c2ccc(NC(=O)c3ccc4c(c3)nc(CN3CC=C(c5cccc(OCc6ccc(C#N)cc6F)n5)CC3)n4C[C@@H]3CCO3)cc12. The lowest BCUT2D eigenvalue weighted by atomic mass is 10.0. The molecule has 5 heterocycles. The number of ether oxygens (including phenoxy) is 2. The van der Waals surface area contributed by atoms with E-state index < -0.39 is 5.82 Å². The largest absolute Gasteiger partial charge is 0.473 e. The van der Waals surface area contributed by atoms with E-state index in [0.717, 1.165) is 83.7 Å². The number of aryl methyl sites for hydroxylation is 1. The van der Waals surface area contributed by atoms with Crippen molar-refractivity contribution in [2.45, 2.75) is 52.0 Å². The second-order valence-corrected chi connectivity index (χ2v) is 13.1. The average molecular weight is 697 g/mol. The van der Waals surface area contributed by atoms with Crippen molar-refractivity contribution in [2.24, 2.45) is 0 Å². The fraction of sp³-hybridized carbons (Fsp3) is 0.275. The molecular formula is C40H37FN8O3. The molecule has 2 aliphatic rings. The van der Waals surface area contributed by atoms with Crippen molar-refractivity contribution in [1.82, 2.24) is 29.6 Å². The van der Waals surface area contributed by atoms with Crippen LogP contribution in [0.1, 0.15) is 58.5 Å². The highest BCUT2D eigenvalue weighted by atomic mass is 19.1. The number of benzene rings is 3. The molecule has 262 valence electrons. The van der Waals surface area contributed by atoms with Crippen LogP contribution in [0, 0.1) is 17.1 Å². The van der Waals surface area contributed by atoms with Gasteiger partial charge in [0, 0.05) is 48.0 Å². The number of aromatic amines is 1. The van der Waals surface area contributed by atoms with Gasteiger partial charge in [-0.15, -0.1) is 0 Å². The standard InChI is InChI=1S/C40H37FN8O3/c1-2-33-31-20-29(9-10-35(31)47-46-33)43-40(50)27-8-11-37-36(19-27)44-38(49(37)22-30-14-17-51-30)23-48-15-12-26(13-16-48)34-4-3-5-39(45-34)52-24-28-7-6-25(21-42)18-32(28)41/h3-12,18-20,30H,2,13-17,22-24H2,1H3,(H,43,50)(H,46,47)/t30-/m0/s1. The number of hydrogen-bond donors (Lipinski definition) is 2. The molecule has 0 aliphatic carbocycles. The van der Waals surface area contributed by atoms with Crippen LogP contribution in [0.3, 0.4) is 0 Å². The van der Waals surface area contributed by atoms with Gasteiger partial charge >= 0.3 is 0 Å². The Bertz CT molecular complexity index is 2370. The van der Waals surface area contributed by atoms with Crippen molar-refractivity contribution >= 4 is 39.1 Å². The third kappa shape index (κ3) is 6.88. The van der Waals surface area contributed by atoms with Gasteiger partial charge in [-0.3, -0.25) is 14.8 Å². The summed E-state index contributed by atoms with van der Waals surface area (Å²) in [5, 5.41) is 20.5. The maximum Gasteiger partial charge on any atom is 0.255 e. The van der Waals surface area contributed by atoms with E-state index in [9.17, 15) is 9.18 Å². The lowest BCUT2D eigenvalue weighted by Gasteiger charge is -2.29. The maximum absolute atomic E-state index is 14.3. The highest BCUT2D eigenvalue weighted by molar-refractivity contribution is 6.06. The minimum Gasteiger partial charge on any atom is -0.473 e. The number of amides is 1. The number of nitriles is 1. The Balaban J connectivity index is 0.960. The van der Waals surface area contributed by atoms with Crippen LogP contribution in [0.25, 0.3) is 27.5 Å². The lowest BCUT2D eigenvalue weighted by molar-refractivity contribution is -0.0591. The Kier molecular flexibility index (Phi) is 9.20. The zero-order valence-corrected chi connectivity index (χ0v) is 28.7. The Morgan fingerprint density at radius 2 is 2.04 bits per heavy atom. The van der Waals surface area contributed by atoms with E-state index in [1.54, 1.807) is 18.2 Å². The number of pyridine rings is 1. The first-order valence-electron chi connectivity index (χ1n) is 17.5. The number of nitrogens with one attached hydrogen (secondary N) is 2. The number of fused-ring (bicyclic) bond motifs is 2. The topological polar surface area (TPSA) is 134 Å². The minimum absolute atomic E-state index is 0.0158. The summed E-state index contributed by atoms with van der Waals surface area (Å²) >= 11 is 0. The number of anilines is 1. The van der Waals surface area contributed by atoms with Crippen LogP contribution in [0.15, 0.2) is 78.9 Å². The molecule has 0 spiro atoms. The molecule has 1 amide bonds. The van der Waals surface area contributed by atoms with Gasteiger partial charge in [0.2, 0.25) is 5.88 Å². The fourth-order valence-electron chi connectivity index (χ4n) is 6.74. The summed E-state index contributed by atoms with van der Waals surface area (Å²) in [5.74, 6) is 0.671. The maximum atomic E-state index is 14.3. The molecule has 0 radical (unpaired) electrons. The predicted molar refractivity (Wildman–Crippen MR) is 195 cm³/mol. The van der Waals surface area contributed by atoms with Crippen LogP contribution < -0.4 is 10.1 Å². The molecule has 1 atom stereocenters. The van der Waals surface area contributed by atoms with Crippen molar-refractivity contribution in [3.8, 4) is 11.9 Å². The zero-order valence-electron chi connectivity index (χ0n) is 28.7. The number of H-pyrrole nitrogens is 1. The van der Waals surface area contributed by atoms with Gasteiger partial charge in [0.05, 0.1) is 58.8 Å². The number of halogens is 1. The van der Waals surface area contributed by atoms with Gasteiger partial charge in [0.15, 0.2) is 0 Å². The third-order valence-corrected chi connectivity index (χ3v) is 9.77.